The van der Waals surface area contributed by atoms with E-state index in [1.807, 2.05) is 0 Å². The Balaban J connectivity index is 1.98. The van der Waals surface area contributed by atoms with E-state index in [2.05, 4.69) is 14.7 Å². The first-order chi connectivity index (χ1) is 11.4. The van der Waals surface area contributed by atoms with Crippen molar-refractivity contribution < 1.29 is 22.3 Å². The molecule has 1 heterocycles. The maximum atomic E-state index is 14.0. The van der Waals surface area contributed by atoms with Crippen LogP contribution in [0.5, 0.6) is 5.75 Å². The molecule has 0 fully saturated rings. The second kappa shape index (κ2) is 6.12. The van der Waals surface area contributed by atoms with Crippen LogP contribution < -0.4 is 10.5 Å². The average molecular weight is 339 g/mol. The van der Waals surface area contributed by atoms with Gasteiger partial charge in [-0.1, -0.05) is 12.1 Å². The van der Waals surface area contributed by atoms with Gasteiger partial charge >= 0.3 is 0 Å². The van der Waals surface area contributed by atoms with Crippen molar-refractivity contribution in [1.82, 2.24) is 9.97 Å². The summed E-state index contributed by atoms with van der Waals surface area (Å²) in [6.45, 7) is 0. The summed E-state index contributed by atoms with van der Waals surface area (Å²) < 4.78 is 59.9. The highest BCUT2D eigenvalue weighted by atomic mass is 19.2. The van der Waals surface area contributed by atoms with Crippen molar-refractivity contribution >= 4 is 11.0 Å². The van der Waals surface area contributed by atoms with Crippen molar-refractivity contribution in [3.8, 4) is 5.75 Å². The Hall–Kier alpha value is -2.61. The number of methoxy groups -OCH3 is 1. The molecule has 0 saturated carbocycles. The van der Waals surface area contributed by atoms with Crippen LogP contribution >= 0.6 is 0 Å². The molecule has 3 N–H and O–H groups in total. The Bertz CT molecular complexity index is 848. The molecule has 3 aromatic rings. The first kappa shape index (κ1) is 16.3. The Morgan fingerprint density at radius 2 is 1.71 bits per heavy atom. The zero-order valence-corrected chi connectivity index (χ0v) is 12.5. The monoisotopic (exact) mass is 339 g/mol. The molecule has 1 atom stereocenters. The Morgan fingerprint density at radius 1 is 1.08 bits per heavy atom. The van der Waals surface area contributed by atoms with Gasteiger partial charge in [0.1, 0.15) is 5.82 Å². The fourth-order valence-electron chi connectivity index (χ4n) is 2.48. The fraction of sp³-hybridized carbons (Fsp3) is 0.188. The van der Waals surface area contributed by atoms with Crippen LogP contribution in [0.25, 0.3) is 11.0 Å². The lowest BCUT2D eigenvalue weighted by Gasteiger charge is -2.13. The highest BCUT2D eigenvalue weighted by molar-refractivity contribution is 5.74. The number of benzene rings is 2. The van der Waals surface area contributed by atoms with Crippen LogP contribution in [0.4, 0.5) is 17.6 Å². The van der Waals surface area contributed by atoms with E-state index in [1.54, 1.807) is 24.3 Å². The van der Waals surface area contributed by atoms with E-state index >= 15 is 0 Å². The van der Waals surface area contributed by atoms with E-state index in [-0.39, 0.29) is 5.82 Å². The van der Waals surface area contributed by atoms with Gasteiger partial charge in [-0.05, 0) is 12.1 Å². The van der Waals surface area contributed by atoms with Gasteiger partial charge in [0.15, 0.2) is 17.4 Å². The third-order valence-electron chi connectivity index (χ3n) is 3.70. The molecule has 24 heavy (non-hydrogen) atoms. The predicted octanol–water partition coefficient (Wildman–Crippen LogP) is 3.37. The molecule has 0 amide bonds. The second-order valence-electron chi connectivity index (χ2n) is 5.22. The summed E-state index contributed by atoms with van der Waals surface area (Å²) in [5.41, 5.74) is 6.42. The average Bonchev–Trinajstić information content (AvgIpc) is 3.01. The van der Waals surface area contributed by atoms with E-state index in [9.17, 15) is 17.6 Å². The molecule has 0 spiro atoms. The van der Waals surface area contributed by atoms with Crippen molar-refractivity contribution in [2.75, 3.05) is 7.11 Å². The predicted molar refractivity (Wildman–Crippen MR) is 79.6 cm³/mol. The minimum absolute atomic E-state index is 0.256. The fourth-order valence-corrected chi connectivity index (χ4v) is 2.48. The molecule has 1 unspecified atom stereocenters. The summed E-state index contributed by atoms with van der Waals surface area (Å²) in [7, 11) is 0.917. The minimum Gasteiger partial charge on any atom is -0.491 e. The number of aromatic nitrogens is 2. The third kappa shape index (κ3) is 2.58. The smallest absolute Gasteiger partial charge is 0.204 e. The molecule has 1 aromatic heterocycles. The van der Waals surface area contributed by atoms with Crippen LogP contribution in [0.2, 0.25) is 0 Å². The van der Waals surface area contributed by atoms with Gasteiger partial charge in [-0.3, -0.25) is 0 Å². The lowest BCUT2D eigenvalue weighted by Crippen LogP contribution is -2.18. The number of imidazole rings is 1. The largest absolute Gasteiger partial charge is 0.491 e. The van der Waals surface area contributed by atoms with Gasteiger partial charge in [-0.25, -0.2) is 13.8 Å². The number of hydrogen-bond donors (Lipinski definition) is 2. The molecule has 8 heteroatoms. The topological polar surface area (TPSA) is 63.9 Å². The van der Waals surface area contributed by atoms with Gasteiger partial charge in [0.05, 0.1) is 24.2 Å². The summed E-state index contributed by atoms with van der Waals surface area (Å²) in [5.74, 6) is -7.10. The number of ether oxygens (including phenoxy) is 1. The molecule has 0 bridgehead atoms. The van der Waals surface area contributed by atoms with Crippen molar-refractivity contribution in [3.05, 3.63) is 58.9 Å². The quantitative estimate of drug-likeness (QED) is 0.566. The Labute approximate surface area is 134 Å². The van der Waals surface area contributed by atoms with Gasteiger partial charge in [0.25, 0.3) is 0 Å². The minimum atomic E-state index is -1.59. The summed E-state index contributed by atoms with van der Waals surface area (Å²) in [5, 5.41) is 0. The van der Waals surface area contributed by atoms with Gasteiger partial charge in [0, 0.05) is 12.0 Å². The number of nitrogens with zero attached hydrogens (tertiary/aromatic N) is 1. The number of halogens is 4. The first-order valence-corrected chi connectivity index (χ1v) is 7.03. The molecule has 0 radical (unpaired) electrons. The van der Waals surface area contributed by atoms with Crippen LogP contribution in [-0.2, 0) is 6.42 Å². The number of aromatic amines is 1. The van der Waals surface area contributed by atoms with Crippen molar-refractivity contribution in [1.29, 1.82) is 0 Å². The van der Waals surface area contributed by atoms with E-state index in [4.69, 9.17) is 5.73 Å². The van der Waals surface area contributed by atoms with E-state index in [0.717, 1.165) is 7.11 Å². The second-order valence-corrected chi connectivity index (χ2v) is 5.22. The van der Waals surface area contributed by atoms with Crippen LogP contribution in [0.3, 0.4) is 0 Å². The van der Waals surface area contributed by atoms with E-state index < -0.39 is 47.0 Å². The molecule has 2 aromatic carbocycles. The lowest BCUT2D eigenvalue weighted by atomic mass is 10.0. The molecule has 126 valence electrons. The zero-order chi connectivity index (χ0) is 17.4. The van der Waals surface area contributed by atoms with Crippen molar-refractivity contribution in [3.63, 3.8) is 0 Å². The summed E-state index contributed by atoms with van der Waals surface area (Å²) in [6.07, 6.45) is -0.477. The molecule has 0 aliphatic carbocycles. The Kier molecular flexibility index (Phi) is 4.15. The number of rotatable bonds is 4. The first-order valence-electron chi connectivity index (χ1n) is 7.03. The molecular weight excluding hydrogens is 326 g/mol. The number of nitrogens with two attached hydrogens (primary N) is 1. The van der Waals surface area contributed by atoms with Crippen LogP contribution in [0.15, 0.2) is 24.3 Å². The number of H-pyrrole nitrogens is 1. The Morgan fingerprint density at radius 3 is 2.29 bits per heavy atom. The maximum absolute atomic E-state index is 14.0. The highest BCUT2D eigenvalue weighted by Gasteiger charge is 2.28. The molecule has 0 saturated heterocycles. The third-order valence-corrected chi connectivity index (χ3v) is 3.70. The van der Waals surface area contributed by atoms with Gasteiger partial charge in [-0.2, -0.15) is 8.78 Å². The summed E-state index contributed by atoms with van der Waals surface area (Å²) >= 11 is 0. The normalized spacial score (nSPS) is 12.6. The lowest BCUT2D eigenvalue weighted by molar-refractivity contribution is 0.327. The van der Waals surface area contributed by atoms with Gasteiger partial charge in [0.2, 0.25) is 11.6 Å². The molecule has 4 nitrogen and oxygen atoms in total. The zero-order valence-electron chi connectivity index (χ0n) is 12.5. The van der Waals surface area contributed by atoms with Crippen molar-refractivity contribution in [2.24, 2.45) is 5.73 Å². The summed E-state index contributed by atoms with van der Waals surface area (Å²) in [6, 6.07) is 6.06. The number of para-hydroxylation sites is 2. The molecule has 0 aliphatic heterocycles. The number of hydrogen-bond acceptors (Lipinski definition) is 3. The van der Waals surface area contributed by atoms with E-state index in [0.29, 0.717) is 11.0 Å². The molecule has 3 rings (SSSR count). The SMILES string of the molecule is COc1c(F)c(F)c(CC(N)c2nc3ccccc3[nH]2)c(F)c1F. The number of nitrogens with one attached hydrogen (secondary N) is 1. The van der Waals surface area contributed by atoms with Crippen molar-refractivity contribution in [2.45, 2.75) is 12.5 Å². The molecular formula is C16H13F4N3O. The standard InChI is InChI=1S/C16H13F4N3O/c1-24-15-13(19)11(17)7(12(18)14(15)20)6-8(21)16-22-9-4-2-3-5-10(9)23-16/h2-5,8H,6,21H2,1H3,(H,22,23). The van der Waals surface area contributed by atoms with E-state index in [1.165, 1.54) is 0 Å². The van der Waals surface area contributed by atoms with Crippen LogP contribution in [-0.4, -0.2) is 17.1 Å². The van der Waals surface area contributed by atoms with Crippen LogP contribution in [0, 0.1) is 23.3 Å². The molecule has 0 aliphatic rings. The highest BCUT2D eigenvalue weighted by Crippen LogP contribution is 2.31. The van der Waals surface area contributed by atoms with Gasteiger partial charge < -0.3 is 15.5 Å². The maximum Gasteiger partial charge on any atom is 0.204 e. The number of fused-ring (bicyclic) bond motifs is 1. The van der Waals surface area contributed by atoms with Crippen LogP contribution in [0.1, 0.15) is 17.4 Å². The summed E-state index contributed by atoms with van der Waals surface area (Å²) in [4.78, 5) is 7.12. The van der Waals surface area contributed by atoms with Gasteiger partial charge in [-0.15, -0.1) is 0 Å².